The molecule has 3 heterocycles. The van der Waals surface area contributed by atoms with Crippen molar-refractivity contribution >= 4 is 12.0 Å². The predicted octanol–water partition coefficient (Wildman–Crippen LogP) is 2.04. The summed E-state index contributed by atoms with van der Waals surface area (Å²) in [7, 11) is 0. The smallest absolute Gasteiger partial charge is 0.318 e. The zero-order valence-electron chi connectivity index (χ0n) is 16.1. The molecule has 1 aliphatic rings. The molecule has 2 amide bonds. The van der Waals surface area contributed by atoms with Gasteiger partial charge in [0.15, 0.2) is 5.82 Å². The Balaban J connectivity index is 1.54. The summed E-state index contributed by atoms with van der Waals surface area (Å²) >= 11 is 0. The lowest BCUT2D eigenvalue weighted by Crippen LogP contribution is -2.43. The second kappa shape index (κ2) is 8.79. The van der Waals surface area contributed by atoms with Crippen LogP contribution < -0.4 is 10.2 Å². The average Bonchev–Trinajstić information content (AvgIpc) is 2.97. The molecule has 1 atom stereocenters. The van der Waals surface area contributed by atoms with Gasteiger partial charge in [0.25, 0.3) is 0 Å². The normalized spacial score (nSPS) is 16.3. The van der Waals surface area contributed by atoms with Gasteiger partial charge in [-0.3, -0.25) is 0 Å². The second-order valence-electron chi connectivity index (χ2n) is 7.19. The first-order chi connectivity index (χ1) is 13.0. The molecule has 1 saturated heterocycles. The van der Waals surface area contributed by atoms with Gasteiger partial charge >= 0.3 is 6.03 Å². The highest BCUT2D eigenvalue weighted by molar-refractivity contribution is 5.74. The van der Waals surface area contributed by atoms with E-state index >= 15 is 0 Å². The Morgan fingerprint density at radius 1 is 1.19 bits per heavy atom. The van der Waals surface area contributed by atoms with Crippen molar-refractivity contribution in [3.8, 4) is 0 Å². The molecule has 0 radical (unpaired) electrons. The Hall–Kier alpha value is -2.71. The summed E-state index contributed by atoms with van der Waals surface area (Å²) in [5.74, 6) is 2.27. The third kappa shape index (κ3) is 5.15. The van der Waals surface area contributed by atoms with Crippen molar-refractivity contribution in [2.75, 3.05) is 31.1 Å². The van der Waals surface area contributed by atoms with Crippen LogP contribution in [0.2, 0.25) is 0 Å². The molecule has 1 fully saturated rings. The van der Waals surface area contributed by atoms with Crippen molar-refractivity contribution in [2.24, 2.45) is 5.92 Å². The fraction of sp³-hybridized carbons (Fsp3) is 0.611. The number of carbonyl (C=O) groups excluding carboxylic acids is 1. The topological polar surface area (TPSA) is 100 Å². The molecular weight excluding hydrogens is 346 g/mol. The molecule has 9 nitrogen and oxygen atoms in total. The van der Waals surface area contributed by atoms with E-state index in [0.29, 0.717) is 43.2 Å². The fourth-order valence-electron chi connectivity index (χ4n) is 3.00. The minimum atomic E-state index is -0.331. The molecule has 0 saturated carbocycles. The SMILES string of the molecule is CC(C)Cc1noc(C(C)NC(=O)N2CCCN(c3ncccn3)CC2)n1. The maximum absolute atomic E-state index is 12.6. The van der Waals surface area contributed by atoms with E-state index in [0.717, 1.165) is 19.4 Å². The number of rotatable bonds is 5. The lowest BCUT2D eigenvalue weighted by Gasteiger charge is -2.23. The number of hydrogen-bond acceptors (Lipinski definition) is 7. The van der Waals surface area contributed by atoms with Crippen molar-refractivity contribution in [3.63, 3.8) is 0 Å². The molecule has 146 valence electrons. The van der Waals surface area contributed by atoms with E-state index in [4.69, 9.17) is 4.52 Å². The Morgan fingerprint density at radius 3 is 2.70 bits per heavy atom. The summed E-state index contributed by atoms with van der Waals surface area (Å²) in [5, 5.41) is 6.94. The standard InChI is InChI=1S/C18H27N7O2/c1-13(2)12-15-22-16(27-23-15)14(3)21-18(26)25-9-5-8-24(10-11-25)17-19-6-4-7-20-17/h4,6-7,13-14H,5,8-12H2,1-3H3,(H,21,26). The van der Waals surface area contributed by atoms with E-state index in [1.54, 1.807) is 18.5 Å². The molecule has 3 rings (SSSR count). The third-order valence-electron chi connectivity index (χ3n) is 4.40. The summed E-state index contributed by atoms with van der Waals surface area (Å²) < 4.78 is 5.30. The molecule has 2 aromatic rings. The number of nitrogens with one attached hydrogen (secondary N) is 1. The van der Waals surface area contributed by atoms with Crippen LogP contribution in [0.25, 0.3) is 0 Å². The van der Waals surface area contributed by atoms with Crippen molar-refractivity contribution < 1.29 is 9.32 Å². The molecular formula is C18H27N7O2. The minimum Gasteiger partial charge on any atom is -0.339 e. The van der Waals surface area contributed by atoms with E-state index in [-0.39, 0.29) is 12.1 Å². The largest absolute Gasteiger partial charge is 0.339 e. The highest BCUT2D eigenvalue weighted by Gasteiger charge is 2.23. The Kier molecular flexibility index (Phi) is 6.20. The molecule has 0 spiro atoms. The third-order valence-corrected chi connectivity index (χ3v) is 4.40. The van der Waals surface area contributed by atoms with Gasteiger partial charge in [-0.15, -0.1) is 0 Å². The first-order valence-corrected chi connectivity index (χ1v) is 9.43. The van der Waals surface area contributed by atoms with Crippen LogP contribution in [0.1, 0.15) is 44.9 Å². The van der Waals surface area contributed by atoms with Gasteiger partial charge in [-0.2, -0.15) is 4.98 Å². The van der Waals surface area contributed by atoms with E-state index in [9.17, 15) is 4.79 Å². The number of amides is 2. The van der Waals surface area contributed by atoms with Gasteiger partial charge in [0.2, 0.25) is 11.8 Å². The van der Waals surface area contributed by atoms with Crippen LogP contribution in [0.3, 0.4) is 0 Å². The molecule has 0 bridgehead atoms. The molecule has 1 aliphatic heterocycles. The number of aromatic nitrogens is 4. The lowest BCUT2D eigenvalue weighted by atomic mass is 10.1. The molecule has 1 unspecified atom stereocenters. The van der Waals surface area contributed by atoms with Crippen molar-refractivity contribution in [1.82, 2.24) is 30.3 Å². The van der Waals surface area contributed by atoms with E-state index in [1.807, 2.05) is 11.8 Å². The predicted molar refractivity (Wildman–Crippen MR) is 100 cm³/mol. The van der Waals surface area contributed by atoms with E-state index in [2.05, 4.69) is 44.2 Å². The van der Waals surface area contributed by atoms with Gasteiger partial charge in [0, 0.05) is 45.0 Å². The Bertz CT molecular complexity index is 734. The molecule has 0 aliphatic carbocycles. The maximum atomic E-state index is 12.6. The number of nitrogens with zero attached hydrogens (tertiary/aromatic N) is 6. The van der Waals surface area contributed by atoms with Crippen LogP contribution in [0, 0.1) is 5.92 Å². The summed E-state index contributed by atoms with van der Waals surface area (Å²) in [5.41, 5.74) is 0. The number of carbonyl (C=O) groups is 1. The molecule has 27 heavy (non-hydrogen) atoms. The number of urea groups is 1. The van der Waals surface area contributed by atoms with Crippen LogP contribution >= 0.6 is 0 Å². The first-order valence-electron chi connectivity index (χ1n) is 9.43. The van der Waals surface area contributed by atoms with Crippen molar-refractivity contribution in [2.45, 2.75) is 39.7 Å². The molecule has 9 heteroatoms. The molecule has 1 N–H and O–H groups in total. The highest BCUT2D eigenvalue weighted by atomic mass is 16.5. The van der Waals surface area contributed by atoms with Gasteiger partial charge < -0.3 is 19.6 Å². The quantitative estimate of drug-likeness (QED) is 0.856. The Labute approximate surface area is 159 Å². The van der Waals surface area contributed by atoms with Crippen LogP contribution in [0.4, 0.5) is 10.7 Å². The average molecular weight is 373 g/mol. The summed E-state index contributed by atoms with van der Waals surface area (Å²) in [6.07, 6.45) is 5.08. The van der Waals surface area contributed by atoms with E-state index < -0.39 is 0 Å². The van der Waals surface area contributed by atoms with Crippen molar-refractivity contribution in [1.29, 1.82) is 0 Å². The lowest BCUT2D eigenvalue weighted by molar-refractivity contribution is 0.195. The van der Waals surface area contributed by atoms with Gasteiger partial charge in [-0.1, -0.05) is 19.0 Å². The monoisotopic (exact) mass is 373 g/mol. The maximum Gasteiger partial charge on any atom is 0.318 e. The van der Waals surface area contributed by atoms with Crippen molar-refractivity contribution in [3.05, 3.63) is 30.2 Å². The van der Waals surface area contributed by atoms with E-state index in [1.165, 1.54) is 0 Å². The summed E-state index contributed by atoms with van der Waals surface area (Å²) in [4.78, 5) is 29.5. The van der Waals surface area contributed by atoms with Crippen LogP contribution in [-0.4, -0.2) is 57.2 Å². The number of anilines is 1. The molecule has 0 aromatic carbocycles. The van der Waals surface area contributed by atoms with Gasteiger partial charge in [-0.25, -0.2) is 14.8 Å². The van der Waals surface area contributed by atoms with Gasteiger partial charge in [-0.05, 0) is 25.3 Å². The first kappa shape index (κ1) is 19.1. The second-order valence-corrected chi connectivity index (χ2v) is 7.19. The molecule has 2 aromatic heterocycles. The van der Waals surface area contributed by atoms with Crippen LogP contribution in [0.5, 0.6) is 0 Å². The zero-order valence-corrected chi connectivity index (χ0v) is 16.1. The summed E-state index contributed by atoms with van der Waals surface area (Å²) in [6.45, 7) is 8.88. The minimum absolute atomic E-state index is 0.123. The van der Waals surface area contributed by atoms with Crippen LogP contribution in [-0.2, 0) is 6.42 Å². The van der Waals surface area contributed by atoms with Crippen LogP contribution in [0.15, 0.2) is 23.0 Å². The van der Waals surface area contributed by atoms with Gasteiger partial charge in [0.1, 0.15) is 6.04 Å². The highest BCUT2D eigenvalue weighted by Crippen LogP contribution is 2.14. The fourth-order valence-corrected chi connectivity index (χ4v) is 3.00. The number of hydrogen-bond donors (Lipinski definition) is 1. The summed E-state index contributed by atoms with van der Waals surface area (Å²) in [6, 6.07) is 1.34. The Morgan fingerprint density at radius 2 is 1.96 bits per heavy atom. The zero-order chi connectivity index (χ0) is 19.2. The van der Waals surface area contributed by atoms with Gasteiger partial charge in [0.05, 0.1) is 0 Å².